The summed E-state index contributed by atoms with van der Waals surface area (Å²) in [5, 5.41) is 10.2. The standard InChI is InChI=1S/C25H34N2O4Si/c1-6-20(25(28)29)16-19-7-9-21(10-8-19)31-23-11-12-26-24-22(23)15-18(2)27(24)17-30-13-14-32(3,4)5/h7-12,15,20H,6,13-14,16-17H2,1-5H3,(H,28,29). The predicted octanol–water partition coefficient (Wildman–Crippen LogP) is 6.10. The van der Waals surface area contributed by atoms with Gasteiger partial charge in [0.25, 0.3) is 0 Å². The van der Waals surface area contributed by atoms with Gasteiger partial charge in [0.05, 0.1) is 11.3 Å². The van der Waals surface area contributed by atoms with Gasteiger partial charge in [-0.2, -0.15) is 0 Å². The minimum Gasteiger partial charge on any atom is -0.481 e. The van der Waals surface area contributed by atoms with E-state index in [-0.39, 0.29) is 5.92 Å². The van der Waals surface area contributed by atoms with Gasteiger partial charge in [-0.05, 0) is 55.6 Å². The number of nitrogens with zero attached hydrogens (tertiary/aromatic N) is 2. The van der Waals surface area contributed by atoms with Crippen LogP contribution in [0.25, 0.3) is 11.0 Å². The topological polar surface area (TPSA) is 73.6 Å². The van der Waals surface area contributed by atoms with Crippen LogP contribution in [0, 0.1) is 12.8 Å². The number of rotatable bonds is 11. The summed E-state index contributed by atoms with van der Waals surface area (Å²) in [6.07, 6.45) is 2.88. The van der Waals surface area contributed by atoms with E-state index in [0.29, 0.717) is 25.3 Å². The van der Waals surface area contributed by atoms with Crippen molar-refractivity contribution >= 4 is 25.1 Å². The Labute approximate surface area is 191 Å². The molecule has 0 saturated carbocycles. The Balaban J connectivity index is 1.72. The summed E-state index contributed by atoms with van der Waals surface area (Å²) >= 11 is 0. The van der Waals surface area contributed by atoms with Crippen molar-refractivity contribution in [1.29, 1.82) is 0 Å². The van der Waals surface area contributed by atoms with Crippen LogP contribution >= 0.6 is 0 Å². The van der Waals surface area contributed by atoms with E-state index in [2.05, 4.69) is 42.2 Å². The van der Waals surface area contributed by atoms with Crippen molar-refractivity contribution in [3.63, 3.8) is 0 Å². The lowest BCUT2D eigenvalue weighted by Crippen LogP contribution is -2.22. The van der Waals surface area contributed by atoms with Crippen LogP contribution in [0.4, 0.5) is 0 Å². The molecule has 2 aromatic heterocycles. The molecule has 0 radical (unpaired) electrons. The van der Waals surface area contributed by atoms with E-state index in [9.17, 15) is 9.90 Å². The third-order valence-corrected chi connectivity index (χ3v) is 7.36. The zero-order chi connectivity index (χ0) is 23.3. The number of carboxylic acid groups (broad SMARTS) is 1. The summed E-state index contributed by atoms with van der Waals surface area (Å²) in [7, 11) is -1.12. The van der Waals surface area contributed by atoms with Gasteiger partial charge >= 0.3 is 5.97 Å². The monoisotopic (exact) mass is 454 g/mol. The molecule has 1 unspecified atom stereocenters. The number of carbonyl (C=O) groups is 1. The molecule has 6 nitrogen and oxygen atoms in total. The molecule has 7 heteroatoms. The van der Waals surface area contributed by atoms with E-state index in [1.54, 1.807) is 6.20 Å². The Morgan fingerprint density at radius 3 is 2.53 bits per heavy atom. The maximum atomic E-state index is 11.3. The van der Waals surface area contributed by atoms with Gasteiger partial charge in [-0.1, -0.05) is 38.7 Å². The van der Waals surface area contributed by atoms with Gasteiger partial charge in [0.2, 0.25) is 0 Å². The molecular formula is C25H34N2O4Si. The Morgan fingerprint density at radius 1 is 1.19 bits per heavy atom. The van der Waals surface area contributed by atoms with Crippen LogP contribution in [-0.4, -0.2) is 35.3 Å². The Bertz CT molecular complexity index is 1050. The van der Waals surface area contributed by atoms with Gasteiger partial charge in [0, 0.05) is 26.6 Å². The summed E-state index contributed by atoms with van der Waals surface area (Å²) < 4.78 is 14.2. The molecule has 172 valence electrons. The first-order chi connectivity index (χ1) is 15.2. The van der Waals surface area contributed by atoms with Gasteiger partial charge in [-0.3, -0.25) is 4.79 Å². The van der Waals surface area contributed by atoms with E-state index in [1.165, 1.54) is 0 Å². The molecule has 0 aliphatic carbocycles. The lowest BCUT2D eigenvalue weighted by molar-refractivity contribution is -0.141. The molecule has 0 amide bonds. The fourth-order valence-electron chi connectivity index (χ4n) is 3.55. The summed E-state index contributed by atoms with van der Waals surface area (Å²) in [6.45, 7) is 12.2. The van der Waals surface area contributed by atoms with Crippen molar-refractivity contribution in [2.45, 2.75) is 59.1 Å². The zero-order valence-corrected chi connectivity index (χ0v) is 20.7. The van der Waals surface area contributed by atoms with Crippen molar-refractivity contribution in [2.75, 3.05) is 6.61 Å². The van der Waals surface area contributed by atoms with Crippen LogP contribution < -0.4 is 4.74 Å². The van der Waals surface area contributed by atoms with Gasteiger partial charge < -0.3 is 19.1 Å². The third-order valence-electron chi connectivity index (χ3n) is 5.66. The first kappa shape index (κ1) is 24.0. The lowest BCUT2D eigenvalue weighted by Gasteiger charge is -2.16. The quantitative estimate of drug-likeness (QED) is 0.280. The first-order valence-corrected chi connectivity index (χ1v) is 14.9. The summed E-state index contributed by atoms with van der Waals surface area (Å²) in [4.78, 5) is 15.8. The molecule has 1 N–H and O–H groups in total. The molecule has 3 aromatic rings. The lowest BCUT2D eigenvalue weighted by atomic mass is 9.97. The van der Waals surface area contributed by atoms with Crippen molar-refractivity contribution < 1.29 is 19.4 Å². The molecule has 0 aliphatic heterocycles. The smallest absolute Gasteiger partial charge is 0.306 e. The Kier molecular flexibility index (Phi) is 7.74. The predicted molar refractivity (Wildman–Crippen MR) is 130 cm³/mol. The van der Waals surface area contributed by atoms with Crippen molar-refractivity contribution in [3.05, 3.63) is 53.9 Å². The number of aryl methyl sites for hydroxylation is 1. The summed E-state index contributed by atoms with van der Waals surface area (Å²) in [5.74, 6) is 0.332. The van der Waals surface area contributed by atoms with Crippen LogP contribution in [0.1, 0.15) is 24.6 Å². The maximum absolute atomic E-state index is 11.3. The van der Waals surface area contributed by atoms with E-state index < -0.39 is 14.0 Å². The fraction of sp³-hybridized carbons (Fsp3) is 0.440. The highest BCUT2D eigenvalue weighted by Crippen LogP contribution is 2.31. The third kappa shape index (κ3) is 6.20. The normalized spacial score (nSPS) is 12.8. The van der Waals surface area contributed by atoms with Gasteiger partial charge in [0.15, 0.2) is 0 Å². The first-order valence-electron chi connectivity index (χ1n) is 11.2. The van der Waals surface area contributed by atoms with Crippen molar-refractivity contribution in [3.8, 4) is 11.5 Å². The van der Waals surface area contributed by atoms with Crippen LogP contribution in [0.15, 0.2) is 42.6 Å². The average molecular weight is 455 g/mol. The second-order valence-electron chi connectivity index (χ2n) is 9.50. The SMILES string of the molecule is CCC(Cc1ccc(Oc2ccnc3c2cc(C)n3COCC[Si](C)(C)C)cc1)C(=O)O. The van der Waals surface area contributed by atoms with E-state index >= 15 is 0 Å². The van der Waals surface area contributed by atoms with Crippen molar-refractivity contribution in [1.82, 2.24) is 9.55 Å². The molecule has 0 bridgehead atoms. The number of carboxylic acids is 1. The Morgan fingerprint density at radius 2 is 1.91 bits per heavy atom. The molecule has 1 atom stereocenters. The highest BCUT2D eigenvalue weighted by atomic mass is 28.3. The van der Waals surface area contributed by atoms with E-state index in [1.807, 2.05) is 37.3 Å². The van der Waals surface area contributed by atoms with Crippen LogP contribution in [0.3, 0.4) is 0 Å². The Hall–Kier alpha value is -2.64. The molecule has 0 spiro atoms. The molecule has 0 fully saturated rings. The number of fused-ring (bicyclic) bond motifs is 1. The highest BCUT2D eigenvalue weighted by molar-refractivity contribution is 6.76. The minimum atomic E-state index is -1.12. The molecule has 2 heterocycles. The number of hydrogen-bond donors (Lipinski definition) is 1. The number of hydrogen-bond acceptors (Lipinski definition) is 4. The zero-order valence-electron chi connectivity index (χ0n) is 19.7. The second kappa shape index (κ2) is 10.3. The van der Waals surface area contributed by atoms with Gasteiger partial charge in [0.1, 0.15) is 23.9 Å². The van der Waals surface area contributed by atoms with Gasteiger partial charge in [-0.15, -0.1) is 0 Å². The fourth-order valence-corrected chi connectivity index (χ4v) is 4.30. The summed E-state index contributed by atoms with van der Waals surface area (Å²) in [5.41, 5.74) is 2.91. The van der Waals surface area contributed by atoms with Crippen LogP contribution in [-0.2, 0) is 22.7 Å². The highest BCUT2D eigenvalue weighted by Gasteiger charge is 2.16. The number of aliphatic carboxylic acids is 1. The number of benzene rings is 1. The van der Waals surface area contributed by atoms with E-state index in [4.69, 9.17) is 9.47 Å². The average Bonchev–Trinajstić information content (AvgIpc) is 3.06. The van der Waals surface area contributed by atoms with Crippen LogP contribution in [0.2, 0.25) is 25.7 Å². The number of pyridine rings is 1. The minimum absolute atomic E-state index is 0.364. The molecular weight excluding hydrogens is 420 g/mol. The second-order valence-corrected chi connectivity index (χ2v) is 15.1. The maximum Gasteiger partial charge on any atom is 0.306 e. The van der Waals surface area contributed by atoms with Crippen LogP contribution in [0.5, 0.6) is 11.5 Å². The number of ether oxygens (including phenoxy) is 2. The molecule has 3 rings (SSSR count). The molecule has 32 heavy (non-hydrogen) atoms. The molecule has 0 aliphatic rings. The summed E-state index contributed by atoms with van der Waals surface area (Å²) in [6, 6.07) is 12.7. The van der Waals surface area contributed by atoms with Gasteiger partial charge in [-0.25, -0.2) is 4.98 Å². The molecule has 0 saturated heterocycles. The molecule has 1 aromatic carbocycles. The van der Waals surface area contributed by atoms with E-state index in [0.717, 1.165) is 40.7 Å². The van der Waals surface area contributed by atoms with Crippen molar-refractivity contribution in [2.24, 2.45) is 5.92 Å². The number of aromatic nitrogens is 2. The largest absolute Gasteiger partial charge is 0.481 e.